The Hall–Kier alpha value is -1.30. The predicted molar refractivity (Wildman–Crippen MR) is 86.9 cm³/mol. The molecule has 1 saturated carbocycles. The molecule has 23 heavy (non-hydrogen) atoms. The number of ether oxygens (including phenoxy) is 1. The van der Waals surface area contributed by atoms with Gasteiger partial charge < -0.3 is 20.1 Å². The Labute approximate surface area is 138 Å². The maximum atomic E-state index is 12.8. The van der Waals surface area contributed by atoms with Gasteiger partial charge in [-0.1, -0.05) is 12.8 Å². The highest BCUT2D eigenvalue weighted by molar-refractivity contribution is 5.86. The van der Waals surface area contributed by atoms with Crippen molar-refractivity contribution in [2.75, 3.05) is 13.2 Å². The molecule has 6 nitrogen and oxygen atoms in total. The van der Waals surface area contributed by atoms with Crippen molar-refractivity contribution in [1.29, 1.82) is 0 Å². The zero-order chi connectivity index (χ0) is 17.0. The number of carbonyl (C=O) groups excluding carboxylic acids is 2. The van der Waals surface area contributed by atoms with Crippen molar-refractivity contribution in [3.05, 3.63) is 0 Å². The highest BCUT2D eigenvalue weighted by Gasteiger charge is 2.38. The Morgan fingerprint density at radius 2 is 1.87 bits per heavy atom. The molecular formula is C17H30N2O4. The molecule has 0 spiro atoms. The third kappa shape index (κ3) is 4.83. The van der Waals surface area contributed by atoms with Crippen LogP contribution >= 0.6 is 0 Å². The SMILES string of the molecule is CC(C)(C)OC(=O)N[C@H](CO)C(=O)N1CCC[C@H]2CCCC[C@@H]21. The van der Waals surface area contributed by atoms with E-state index < -0.39 is 24.3 Å². The average Bonchev–Trinajstić information content (AvgIpc) is 2.49. The number of piperidine rings is 1. The lowest BCUT2D eigenvalue weighted by molar-refractivity contribution is -0.140. The summed E-state index contributed by atoms with van der Waals surface area (Å²) in [5.74, 6) is 0.386. The molecule has 0 aromatic carbocycles. The van der Waals surface area contributed by atoms with Crippen LogP contribution in [0.25, 0.3) is 0 Å². The van der Waals surface area contributed by atoms with Gasteiger partial charge in [-0.2, -0.15) is 0 Å². The first-order valence-corrected chi connectivity index (χ1v) is 8.72. The smallest absolute Gasteiger partial charge is 0.408 e. The maximum absolute atomic E-state index is 12.8. The van der Waals surface area contributed by atoms with Crippen LogP contribution in [0.5, 0.6) is 0 Å². The number of amides is 2. The fraction of sp³-hybridized carbons (Fsp3) is 0.882. The van der Waals surface area contributed by atoms with E-state index in [0.29, 0.717) is 12.5 Å². The van der Waals surface area contributed by atoms with Crippen LogP contribution in [0, 0.1) is 5.92 Å². The molecule has 0 aromatic rings. The molecule has 0 bridgehead atoms. The van der Waals surface area contributed by atoms with Gasteiger partial charge in [-0.05, 0) is 52.4 Å². The monoisotopic (exact) mass is 326 g/mol. The third-order valence-electron chi connectivity index (χ3n) is 4.70. The van der Waals surface area contributed by atoms with Gasteiger partial charge >= 0.3 is 6.09 Å². The molecule has 0 radical (unpaired) electrons. The van der Waals surface area contributed by atoms with Crippen LogP contribution in [0.15, 0.2) is 0 Å². The number of likely N-dealkylation sites (tertiary alicyclic amines) is 1. The summed E-state index contributed by atoms with van der Waals surface area (Å²) in [4.78, 5) is 26.5. The van der Waals surface area contributed by atoms with E-state index >= 15 is 0 Å². The Balaban J connectivity index is 1.99. The van der Waals surface area contributed by atoms with Crippen LogP contribution in [-0.2, 0) is 9.53 Å². The van der Waals surface area contributed by atoms with Crippen LogP contribution in [0.4, 0.5) is 4.79 Å². The zero-order valence-corrected chi connectivity index (χ0v) is 14.5. The highest BCUT2D eigenvalue weighted by Crippen LogP contribution is 2.35. The van der Waals surface area contributed by atoms with Crippen molar-refractivity contribution in [2.24, 2.45) is 5.92 Å². The standard InChI is InChI=1S/C17H30N2O4/c1-17(2,3)23-16(22)18-13(11-20)15(21)19-10-6-8-12-7-4-5-9-14(12)19/h12-14,20H,4-11H2,1-3H3,(H,18,22)/t12-,13-,14+/m1/s1. The van der Waals surface area contributed by atoms with Gasteiger partial charge in [0.25, 0.3) is 0 Å². The molecule has 2 rings (SSSR count). The first-order valence-electron chi connectivity index (χ1n) is 8.72. The van der Waals surface area contributed by atoms with Crippen LogP contribution in [0.3, 0.4) is 0 Å². The number of carbonyl (C=O) groups is 2. The molecule has 0 aromatic heterocycles. The second-order valence-electron chi connectivity index (χ2n) is 7.67. The number of alkyl carbamates (subject to hydrolysis) is 1. The zero-order valence-electron chi connectivity index (χ0n) is 14.5. The van der Waals surface area contributed by atoms with Crippen molar-refractivity contribution >= 4 is 12.0 Å². The largest absolute Gasteiger partial charge is 0.444 e. The molecule has 2 aliphatic rings. The van der Waals surface area contributed by atoms with E-state index in [2.05, 4.69) is 5.32 Å². The van der Waals surface area contributed by atoms with Crippen LogP contribution in [0.2, 0.25) is 0 Å². The number of aliphatic hydroxyl groups is 1. The topological polar surface area (TPSA) is 78.9 Å². The molecule has 1 aliphatic carbocycles. The lowest BCUT2D eigenvalue weighted by Crippen LogP contribution is -2.57. The Morgan fingerprint density at radius 3 is 2.52 bits per heavy atom. The van der Waals surface area contributed by atoms with Crippen LogP contribution in [-0.4, -0.2) is 52.8 Å². The van der Waals surface area contributed by atoms with Crippen LogP contribution in [0.1, 0.15) is 59.3 Å². The minimum Gasteiger partial charge on any atom is -0.444 e. The second-order valence-corrected chi connectivity index (χ2v) is 7.67. The van der Waals surface area contributed by atoms with E-state index in [1.165, 1.54) is 19.3 Å². The molecule has 1 heterocycles. The Kier molecular flexibility index (Phi) is 5.89. The summed E-state index contributed by atoms with van der Waals surface area (Å²) >= 11 is 0. The minimum atomic E-state index is -0.925. The van der Waals surface area contributed by atoms with Gasteiger partial charge in [0.05, 0.1) is 6.61 Å². The summed E-state index contributed by atoms with van der Waals surface area (Å²) in [5, 5.41) is 12.1. The Morgan fingerprint density at radius 1 is 1.22 bits per heavy atom. The van der Waals surface area contributed by atoms with Crippen molar-refractivity contribution in [3.63, 3.8) is 0 Å². The summed E-state index contributed by atoms with van der Waals surface area (Å²) in [6, 6.07) is -0.662. The number of fused-ring (bicyclic) bond motifs is 1. The first-order chi connectivity index (χ1) is 10.8. The van der Waals surface area contributed by atoms with Crippen molar-refractivity contribution < 1.29 is 19.4 Å². The predicted octanol–water partition coefficient (Wildman–Crippen LogP) is 2.05. The van der Waals surface area contributed by atoms with Gasteiger partial charge in [0, 0.05) is 12.6 Å². The van der Waals surface area contributed by atoms with Gasteiger partial charge in [0.1, 0.15) is 11.6 Å². The average molecular weight is 326 g/mol. The fourth-order valence-corrected chi connectivity index (χ4v) is 3.73. The highest BCUT2D eigenvalue weighted by atomic mass is 16.6. The van der Waals surface area contributed by atoms with Gasteiger partial charge in [-0.3, -0.25) is 4.79 Å². The molecule has 3 atom stereocenters. The van der Waals surface area contributed by atoms with E-state index in [1.807, 2.05) is 4.90 Å². The summed E-state index contributed by atoms with van der Waals surface area (Å²) in [7, 11) is 0. The van der Waals surface area contributed by atoms with E-state index in [9.17, 15) is 14.7 Å². The van der Waals surface area contributed by atoms with Gasteiger partial charge in [0.15, 0.2) is 0 Å². The molecule has 0 unspecified atom stereocenters. The summed E-state index contributed by atoms with van der Waals surface area (Å²) in [6.07, 6.45) is 6.10. The molecule has 2 N–H and O–H groups in total. The molecule has 2 fully saturated rings. The third-order valence-corrected chi connectivity index (χ3v) is 4.70. The van der Waals surface area contributed by atoms with Crippen molar-refractivity contribution in [1.82, 2.24) is 10.2 Å². The van der Waals surface area contributed by atoms with Gasteiger partial charge in [-0.15, -0.1) is 0 Å². The van der Waals surface area contributed by atoms with Crippen LogP contribution < -0.4 is 5.32 Å². The lowest BCUT2D eigenvalue weighted by atomic mass is 9.78. The summed E-state index contributed by atoms with van der Waals surface area (Å²) in [6.45, 7) is 5.59. The van der Waals surface area contributed by atoms with E-state index in [-0.39, 0.29) is 11.9 Å². The minimum absolute atomic E-state index is 0.185. The maximum Gasteiger partial charge on any atom is 0.408 e. The number of nitrogens with one attached hydrogen (secondary N) is 1. The number of nitrogens with zero attached hydrogens (tertiary/aromatic N) is 1. The summed E-state index contributed by atoms with van der Waals surface area (Å²) in [5.41, 5.74) is -0.632. The second kappa shape index (κ2) is 7.51. The number of hydrogen-bond acceptors (Lipinski definition) is 4. The number of aliphatic hydroxyl groups excluding tert-OH is 1. The number of rotatable bonds is 3. The molecule has 2 amide bonds. The first kappa shape index (κ1) is 18.0. The van der Waals surface area contributed by atoms with Crippen molar-refractivity contribution in [2.45, 2.75) is 77.0 Å². The van der Waals surface area contributed by atoms with E-state index in [0.717, 1.165) is 19.3 Å². The molecule has 6 heteroatoms. The van der Waals surface area contributed by atoms with Gasteiger partial charge in [0.2, 0.25) is 5.91 Å². The van der Waals surface area contributed by atoms with E-state index in [4.69, 9.17) is 4.74 Å². The van der Waals surface area contributed by atoms with Crippen molar-refractivity contribution in [3.8, 4) is 0 Å². The Bertz CT molecular complexity index is 431. The normalized spacial score (nSPS) is 26.2. The molecule has 132 valence electrons. The molecular weight excluding hydrogens is 296 g/mol. The number of hydrogen-bond donors (Lipinski definition) is 2. The summed E-state index contributed by atoms with van der Waals surface area (Å²) < 4.78 is 5.18. The molecule has 1 saturated heterocycles. The lowest BCUT2D eigenvalue weighted by Gasteiger charge is -2.45. The van der Waals surface area contributed by atoms with Gasteiger partial charge in [-0.25, -0.2) is 4.79 Å². The molecule has 1 aliphatic heterocycles. The van der Waals surface area contributed by atoms with E-state index in [1.54, 1.807) is 20.8 Å². The quantitative estimate of drug-likeness (QED) is 0.832. The fourth-order valence-electron chi connectivity index (χ4n) is 3.73.